The van der Waals surface area contributed by atoms with E-state index >= 15 is 0 Å². The van der Waals surface area contributed by atoms with Crippen molar-refractivity contribution in [1.29, 1.82) is 0 Å². The van der Waals surface area contributed by atoms with Gasteiger partial charge in [0.2, 0.25) is 0 Å². The van der Waals surface area contributed by atoms with Crippen molar-refractivity contribution >= 4 is 5.78 Å². The van der Waals surface area contributed by atoms with Gasteiger partial charge in [-0.15, -0.1) is 0 Å². The predicted octanol–water partition coefficient (Wildman–Crippen LogP) is 1.89. The SMILES string of the molecule is CCC1CCCC(C(=O)C2(N)CCOC2)C1. The summed E-state index contributed by atoms with van der Waals surface area (Å²) in [6.07, 6.45) is 6.46. The Kier molecular flexibility index (Phi) is 3.65. The van der Waals surface area contributed by atoms with Gasteiger partial charge in [0.15, 0.2) is 5.78 Å². The van der Waals surface area contributed by atoms with Crippen LogP contribution in [-0.4, -0.2) is 24.5 Å². The van der Waals surface area contributed by atoms with E-state index in [0.29, 0.717) is 19.6 Å². The molecule has 0 aromatic heterocycles. The van der Waals surface area contributed by atoms with Crippen LogP contribution < -0.4 is 5.73 Å². The summed E-state index contributed by atoms with van der Waals surface area (Å²) in [7, 11) is 0. The number of hydrogen-bond acceptors (Lipinski definition) is 3. The van der Waals surface area contributed by atoms with Crippen molar-refractivity contribution in [2.45, 2.75) is 51.0 Å². The summed E-state index contributed by atoms with van der Waals surface area (Å²) >= 11 is 0. The molecule has 2 N–H and O–H groups in total. The van der Waals surface area contributed by atoms with Gasteiger partial charge >= 0.3 is 0 Å². The molecule has 0 spiro atoms. The van der Waals surface area contributed by atoms with Gasteiger partial charge in [0.1, 0.15) is 5.54 Å². The number of hydrogen-bond donors (Lipinski definition) is 1. The van der Waals surface area contributed by atoms with Crippen molar-refractivity contribution in [1.82, 2.24) is 0 Å². The lowest BCUT2D eigenvalue weighted by Crippen LogP contribution is -2.52. The fourth-order valence-corrected chi connectivity index (χ4v) is 3.08. The van der Waals surface area contributed by atoms with Gasteiger partial charge in [0, 0.05) is 12.5 Å². The maximum absolute atomic E-state index is 12.4. The summed E-state index contributed by atoms with van der Waals surface area (Å²) in [5.41, 5.74) is 5.48. The minimum atomic E-state index is -0.666. The van der Waals surface area contributed by atoms with Gasteiger partial charge in [-0.25, -0.2) is 0 Å². The van der Waals surface area contributed by atoms with Gasteiger partial charge in [-0.1, -0.05) is 26.2 Å². The first kappa shape index (κ1) is 12.1. The zero-order chi connectivity index (χ0) is 11.6. The maximum Gasteiger partial charge on any atom is 0.158 e. The molecule has 0 amide bonds. The van der Waals surface area contributed by atoms with Crippen LogP contribution in [0.5, 0.6) is 0 Å². The van der Waals surface area contributed by atoms with Crippen LogP contribution in [0.15, 0.2) is 0 Å². The first-order chi connectivity index (χ1) is 7.65. The lowest BCUT2D eigenvalue weighted by Gasteiger charge is -2.32. The Morgan fingerprint density at radius 3 is 2.94 bits per heavy atom. The van der Waals surface area contributed by atoms with Crippen LogP contribution in [0.25, 0.3) is 0 Å². The molecule has 0 bridgehead atoms. The first-order valence-corrected chi connectivity index (χ1v) is 6.56. The molecule has 0 aromatic carbocycles. The fraction of sp³-hybridized carbons (Fsp3) is 0.923. The highest BCUT2D eigenvalue weighted by molar-refractivity contribution is 5.90. The third-order valence-corrected chi connectivity index (χ3v) is 4.27. The van der Waals surface area contributed by atoms with Crippen LogP contribution in [0.4, 0.5) is 0 Å². The highest BCUT2D eigenvalue weighted by atomic mass is 16.5. The molecule has 0 aromatic rings. The summed E-state index contributed by atoms with van der Waals surface area (Å²) in [5.74, 6) is 1.20. The Morgan fingerprint density at radius 1 is 1.50 bits per heavy atom. The molecule has 1 saturated carbocycles. The van der Waals surface area contributed by atoms with E-state index in [0.717, 1.165) is 18.8 Å². The molecule has 16 heavy (non-hydrogen) atoms. The standard InChI is InChI=1S/C13H23NO2/c1-2-10-4-3-5-11(8-10)12(15)13(14)6-7-16-9-13/h10-11H,2-9,14H2,1H3. The number of carbonyl (C=O) groups is 1. The largest absolute Gasteiger partial charge is 0.379 e. The molecule has 2 aliphatic rings. The monoisotopic (exact) mass is 225 g/mol. The molecule has 3 atom stereocenters. The number of rotatable bonds is 3. The van der Waals surface area contributed by atoms with E-state index in [1.807, 2.05) is 0 Å². The highest BCUT2D eigenvalue weighted by Crippen LogP contribution is 2.34. The average Bonchev–Trinajstić information content (AvgIpc) is 2.76. The smallest absolute Gasteiger partial charge is 0.158 e. The second-order valence-electron chi connectivity index (χ2n) is 5.46. The molecule has 1 saturated heterocycles. The van der Waals surface area contributed by atoms with Gasteiger partial charge in [-0.2, -0.15) is 0 Å². The van der Waals surface area contributed by atoms with Crippen LogP contribution in [0.2, 0.25) is 0 Å². The lowest BCUT2D eigenvalue weighted by molar-refractivity contribution is -0.129. The third-order valence-electron chi connectivity index (χ3n) is 4.27. The maximum atomic E-state index is 12.4. The number of ether oxygens (including phenoxy) is 1. The lowest BCUT2D eigenvalue weighted by atomic mass is 9.73. The number of carbonyl (C=O) groups excluding carboxylic acids is 1. The van der Waals surface area contributed by atoms with E-state index in [9.17, 15) is 4.79 Å². The van der Waals surface area contributed by atoms with E-state index in [-0.39, 0.29) is 11.7 Å². The van der Waals surface area contributed by atoms with Crippen molar-refractivity contribution in [3.8, 4) is 0 Å². The van der Waals surface area contributed by atoms with Crippen LogP contribution in [0.3, 0.4) is 0 Å². The first-order valence-electron chi connectivity index (χ1n) is 6.56. The summed E-state index contributed by atoms with van der Waals surface area (Å²) in [4.78, 5) is 12.4. The Hall–Kier alpha value is -0.410. The molecule has 3 heteroatoms. The fourth-order valence-electron chi connectivity index (χ4n) is 3.08. The molecule has 0 radical (unpaired) electrons. The third kappa shape index (κ3) is 2.30. The molecule has 1 heterocycles. The predicted molar refractivity (Wildman–Crippen MR) is 63.1 cm³/mol. The second-order valence-corrected chi connectivity index (χ2v) is 5.46. The summed E-state index contributed by atoms with van der Waals surface area (Å²) < 4.78 is 5.28. The van der Waals surface area contributed by atoms with E-state index in [1.54, 1.807) is 0 Å². The Morgan fingerprint density at radius 2 is 2.31 bits per heavy atom. The zero-order valence-electron chi connectivity index (χ0n) is 10.2. The van der Waals surface area contributed by atoms with E-state index in [1.165, 1.54) is 19.3 Å². The number of ketones is 1. The number of Topliss-reactive ketones (excluding diaryl/α,β-unsaturated/α-hetero) is 1. The van der Waals surface area contributed by atoms with Gasteiger partial charge in [0.25, 0.3) is 0 Å². The van der Waals surface area contributed by atoms with E-state index in [2.05, 4.69) is 6.92 Å². The van der Waals surface area contributed by atoms with Crippen LogP contribution in [-0.2, 0) is 9.53 Å². The molecular weight excluding hydrogens is 202 g/mol. The van der Waals surface area contributed by atoms with Gasteiger partial charge in [-0.05, 0) is 25.2 Å². The molecular formula is C13H23NO2. The minimum absolute atomic E-state index is 0.199. The van der Waals surface area contributed by atoms with E-state index < -0.39 is 5.54 Å². The molecule has 2 rings (SSSR count). The van der Waals surface area contributed by atoms with E-state index in [4.69, 9.17) is 10.5 Å². The molecule has 3 nitrogen and oxygen atoms in total. The van der Waals surface area contributed by atoms with Crippen molar-refractivity contribution in [3.63, 3.8) is 0 Å². The Bertz CT molecular complexity index is 259. The molecule has 3 unspecified atom stereocenters. The topological polar surface area (TPSA) is 52.3 Å². The minimum Gasteiger partial charge on any atom is -0.379 e. The molecule has 92 valence electrons. The van der Waals surface area contributed by atoms with Gasteiger partial charge in [-0.3, -0.25) is 4.79 Å². The van der Waals surface area contributed by atoms with Gasteiger partial charge in [0.05, 0.1) is 6.61 Å². The molecule has 1 aliphatic heterocycles. The summed E-state index contributed by atoms with van der Waals surface area (Å²) in [6, 6.07) is 0. The van der Waals surface area contributed by atoms with Crippen molar-refractivity contribution in [2.24, 2.45) is 17.6 Å². The van der Waals surface area contributed by atoms with Gasteiger partial charge < -0.3 is 10.5 Å². The molecule has 1 aliphatic carbocycles. The van der Waals surface area contributed by atoms with Crippen molar-refractivity contribution in [3.05, 3.63) is 0 Å². The van der Waals surface area contributed by atoms with Crippen LogP contribution >= 0.6 is 0 Å². The molecule has 2 fully saturated rings. The van der Waals surface area contributed by atoms with Crippen molar-refractivity contribution < 1.29 is 9.53 Å². The Balaban J connectivity index is 1.98. The Labute approximate surface area is 97.7 Å². The van der Waals surface area contributed by atoms with Crippen LogP contribution in [0.1, 0.15) is 45.4 Å². The second kappa shape index (κ2) is 4.84. The number of nitrogens with two attached hydrogens (primary N) is 1. The summed E-state index contributed by atoms with van der Waals surface area (Å²) in [5, 5.41) is 0. The average molecular weight is 225 g/mol. The normalized spacial score (nSPS) is 39.9. The van der Waals surface area contributed by atoms with Crippen molar-refractivity contribution in [2.75, 3.05) is 13.2 Å². The summed E-state index contributed by atoms with van der Waals surface area (Å²) in [6.45, 7) is 3.29. The quantitative estimate of drug-likeness (QED) is 0.798. The highest BCUT2D eigenvalue weighted by Gasteiger charge is 2.42. The van der Waals surface area contributed by atoms with Crippen LogP contribution in [0, 0.1) is 11.8 Å². The zero-order valence-corrected chi connectivity index (χ0v) is 10.2.